The molecule has 0 aromatic carbocycles. The van der Waals surface area contributed by atoms with E-state index in [-0.39, 0.29) is 4.90 Å². The molecule has 0 radical (unpaired) electrons. The Morgan fingerprint density at radius 3 is 2.72 bits per heavy atom. The molecule has 1 aromatic rings. The molecule has 0 fully saturated rings. The summed E-state index contributed by atoms with van der Waals surface area (Å²) >= 11 is 0. The van der Waals surface area contributed by atoms with E-state index in [1.54, 1.807) is 19.3 Å². The molecule has 0 atom stereocenters. The maximum absolute atomic E-state index is 12.4. The zero-order valence-electron chi connectivity index (χ0n) is 11.2. The number of anilines is 1. The average Bonchev–Trinajstić information content (AvgIpc) is 2.36. The van der Waals surface area contributed by atoms with Gasteiger partial charge in [-0.3, -0.25) is 4.98 Å². The molecule has 1 rings (SSSR count). The van der Waals surface area contributed by atoms with Gasteiger partial charge in [-0.05, 0) is 19.4 Å². The van der Waals surface area contributed by atoms with Gasteiger partial charge in [0.15, 0.2) is 0 Å². The first-order valence-electron chi connectivity index (χ1n) is 6.18. The first-order valence-corrected chi connectivity index (χ1v) is 7.62. The molecule has 0 aliphatic heterocycles. The summed E-state index contributed by atoms with van der Waals surface area (Å²) < 4.78 is 26.1. The highest BCUT2D eigenvalue weighted by molar-refractivity contribution is 7.89. The SMILES string of the molecule is CCCCN(C)S(=O)(=O)c1cnccc1NCC. The Bertz CT molecular complexity index is 474. The van der Waals surface area contributed by atoms with Crippen molar-refractivity contribution in [3.8, 4) is 0 Å². The Kier molecular flexibility index (Phi) is 5.55. The molecule has 0 aliphatic rings. The largest absolute Gasteiger partial charge is 0.384 e. The molecule has 5 nitrogen and oxygen atoms in total. The highest BCUT2D eigenvalue weighted by Gasteiger charge is 2.23. The van der Waals surface area contributed by atoms with Crippen molar-refractivity contribution in [3.63, 3.8) is 0 Å². The highest BCUT2D eigenvalue weighted by Crippen LogP contribution is 2.22. The van der Waals surface area contributed by atoms with Gasteiger partial charge in [-0.25, -0.2) is 12.7 Å². The second-order valence-corrected chi connectivity index (χ2v) is 6.10. The van der Waals surface area contributed by atoms with Crippen molar-refractivity contribution in [2.45, 2.75) is 31.6 Å². The summed E-state index contributed by atoms with van der Waals surface area (Å²) in [5.74, 6) is 0. The van der Waals surface area contributed by atoms with Crippen LogP contribution in [0, 0.1) is 0 Å². The van der Waals surface area contributed by atoms with Crippen LogP contribution in [0.1, 0.15) is 26.7 Å². The van der Waals surface area contributed by atoms with Crippen LogP contribution in [0.2, 0.25) is 0 Å². The monoisotopic (exact) mass is 271 g/mol. The minimum Gasteiger partial charge on any atom is -0.384 e. The smallest absolute Gasteiger partial charge is 0.246 e. The minimum absolute atomic E-state index is 0.241. The van der Waals surface area contributed by atoms with Crippen molar-refractivity contribution in [1.82, 2.24) is 9.29 Å². The van der Waals surface area contributed by atoms with Crippen LogP contribution < -0.4 is 5.32 Å². The van der Waals surface area contributed by atoms with E-state index < -0.39 is 10.0 Å². The fourth-order valence-electron chi connectivity index (χ4n) is 1.59. The first kappa shape index (κ1) is 14.9. The summed E-state index contributed by atoms with van der Waals surface area (Å²) in [7, 11) is -1.85. The molecule has 6 heteroatoms. The Hall–Kier alpha value is -1.14. The average molecular weight is 271 g/mol. The van der Waals surface area contributed by atoms with Gasteiger partial charge in [0.25, 0.3) is 0 Å². The predicted octanol–water partition coefficient (Wildman–Crippen LogP) is 1.93. The van der Waals surface area contributed by atoms with Gasteiger partial charge in [-0.15, -0.1) is 0 Å². The van der Waals surface area contributed by atoms with Crippen LogP contribution in [0.3, 0.4) is 0 Å². The fourth-order valence-corrected chi connectivity index (χ4v) is 2.91. The Balaban J connectivity index is 3.04. The van der Waals surface area contributed by atoms with Crippen LogP contribution in [-0.2, 0) is 10.0 Å². The lowest BCUT2D eigenvalue weighted by atomic mass is 10.3. The van der Waals surface area contributed by atoms with Crippen molar-refractivity contribution < 1.29 is 8.42 Å². The van der Waals surface area contributed by atoms with Gasteiger partial charge in [0.05, 0.1) is 5.69 Å². The summed E-state index contributed by atoms with van der Waals surface area (Å²) in [5, 5.41) is 3.05. The van der Waals surface area contributed by atoms with Crippen molar-refractivity contribution in [1.29, 1.82) is 0 Å². The number of aromatic nitrogens is 1. The van der Waals surface area contributed by atoms with E-state index in [0.29, 0.717) is 18.8 Å². The zero-order chi connectivity index (χ0) is 13.6. The van der Waals surface area contributed by atoms with Crippen LogP contribution in [0.25, 0.3) is 0 Å². The third kappa shape index (κ3) is 3.43. The van der Waals surface area contributed by atoms with Gasteiger partial charge >= 0.3 is 0 Å². The minimum atomic E-state index is -3.46. The molecule has 1 N–H and O–H groups in total. The third-order valence-corrected chi connectivity index (χ3v) is 4.55. The molecule has 0 saturated carbocycles. The van der Waals surface area contributed by atoms with Crippen molar-refractivity contribution in [2.75, 3.05) is 25.5 Å². The van der Waals surface area contributed by atoms with E-state index in [1.165, 1.54) is 10.5 Å². The molecule has 0 spiro atoms. The predicted molar refractivity (Wildman–Crippen MR) is 73.1 cm³/mol. The maximum atomic E-state index is 12.4. The number of sulfonamides is 1. The Morgan fingerprint density at radius 2 is 2.11 bits per heavy atom. The molecule has 0 bridgehead atoms. The number of pyridine rings is 1. The Morgan fingerprint density at radius 1 is 1.39 bits per heavy atom. The molecule has 102 valence electrons. The number of nitrogens with one attached hydrogen (secondary N) is 1. The van der Waals surface area contributed by atoms with E-state index in [0.717, 1.165) is 12.8 Å². The standard InChI is InChI=1S/C12H21N3O2S/c1-4-6-9-15(3)18(16,17)12-10-13-8-7-11(12)14-5-2/h7-8,10H,4-6,9H2,1-3H3,(H,13,14). The lowest BCUT2D eigenvalue weighted by Gasteiger charge is -2.18. The van der Waals surface area contributed by atoms with E-state index in [1.807, 2.05) is 13.8 Å². The normalized spacial score (nSPS) is 11.8. The number of rotatable bonds is 7. The highest BCUT2D eigenvalue weighted by atomic mass is 32.2. The molecule has 18 heavy (non-hydrogen) atoms. The number of hydrogen-bond acceptors (Lipinski definition) is 4. The molecule has 1 heterocycles. The topological polar surface area (TPSA) is 62.3 Å². The Labute approximate surface area is 109 Å². The number of unbranched alkanes of at least 4 members (excludes halogenated alkanes) is 1. The summed E-state index contributed by atoms with van der Waals surface area (Å²) in [6.45, 7) is 5.16. The van der Waals surface area contributed by atoms with Crippen LogP contribution in [0.5, 0.6) is 0 Å². The summed E-state index contributed by atoms with van der Waals surface area (Å²) in [6.07, 6.45) is 4.80. The van der Waals surface area contributed by atoms with E-state index in [2.05, 4.69) is 10.3 Å². The zero-order valence-corrected chi connectivity index (χ0v) is 12.0. The molecule has 0 amide bonds. The number of nitrogens with zero attached hydrogens (tertiary/aromatic N) is 2. The third-order valence-electron chi connectivity index (χ3n) is 2.67. The van der Waals surface area contributed by atoms with Gasteiger partial charge in [-0.2, -0.15) is 0 Å². The van der Waals surface area contributed by atoms with Crippen molar-refractivity contribution in [3.05, 3.63) is 18.5 Å². The summed E-state index contributed by atoms with van der Waals surface area (Å²) in [5.41, 5.74) is 0.607. The van der Waals surface area contributed by atoms with E-state index in [9.17, 15) is 8.42 Å². The summed E-state index contributed by atoms with van der Waals surface area (Å²) in [4.78, 5) is 4.15. The van der Waals surface area contributed by atoms with E-state index in [4.69, 9.17) is 0 Å². The van der Waals surface area contributed by atoms with Crippen LogP contribution in [-0.4, -0.2) is 37.8 Å². The van der Waals surface area contributed by atoms with Crippen LogP contribution in [0.15, 0.2) is 23.4 Å². The van der Waals surface area contributed by atoms with Crippen LogP contribution in [0.4, 0.5) is 5.69 Å². The van der Waals surface area contributed by atoms with E-state index >= 15 is 0 Å². The van der Waals surface area contributed by atoms with Gasteiger partial charge < -0.3 is 5.32 Å². The van der Waals surface area contributed by atoms with Crippen LogP contribution >= 0.6 is 0 Å². The number of hydrogen-bond donors (Lipinski definition) is 1. The molecule has 1 aromatic heterocycles. The molecular formula is C12H21N3O2S. The lowest BCUT2D eigenvalue weighted by Crippen LogP contribution is -2.28. The molecule has 0 aliphatic carbocycles. The van der Waals surface area contributed by atoms with Gasteiger partial charge in [0, 0.05) is 32.5 Å². The maximum Gasteiger partial charge on any atom is 0.246 e. The lowest BCUT2D eigenvalue weighted by molar-refractivity contribution is 0.459. The second kappa shape index (κ2) is 6.70. The second-order valence-electron chi connectivity index (χ2n) is 4.08. The fraction of sp³-hybridized carbons (Fsp3) is 0.583. The first-order chi connectivity index (χ1) is 8.54. The van der Waals surface area contributed by atoms with Crippen molar-refractivity contribution in [2.24, 2.45) is 0 Å². The van der Waals surface area contributed by atoms with Gasteiger partial charge in [0.2, 0.25) is 10.0 Å². The van der Waals surface area contributed by atoms with Crippen molar-refractivity contribution >= 4 is 15.7 Å². The quantitative estimate of drug-likeness (QED) is 0.823. The molecule has 0 unspecified atom stereocenters. The molecular weight excluding hydrogens is 250 g/mol. The van der Waals surface area contributed by atoms with Gasteiger partial charge in [0.1, 0.15) is 4.90 Å². The van der Waals surface area contributed by atoms with Gasteiger partial charge in [-0.1, -0.05) is 13.3 Å². The summed E-state index contributed by atoms with van der Waals surface area (Å²) in [6, 6.07) is 1.68. The molecule has 0 saturated heterocycles.